The van der Waals surface area contributed by atoms with Crippen LogP contribution in [0.5, 0.6) is 0 Å². The van der Waals surface area contributed by atoms with E-state index in [9.17, 15) is 4.79 Å². The standard InChI is InChI=1S/C14H18N2O2S/c15-13(19)8-10-3-5-12(6-4-10)16-14(17)11-2-1-7-18-9-11/h3-6,11H,1-2,7-9H2,(H2,15,19)(H,16,17). The number of benzene rings is 1. The van der Waals surface area contributed by atoms with Gasteiger partial charge in [0.05, 0.1) is 17.5 Å². The molecule has 4 nitrogen and oxygen atoms in total. The summed E-state index contributed by atoms with van der Waals surface area (Å²) in [7, 11) is 0. The molecule has 3 N–H and O–H groups in total. The molecule has 0 aliphatic carbocycles. The summed E-state index contributed by atoms with van der Waals surface area (Å²) in [6.45, 7) is 1.28. The van der Waals surface area contributed by atoms with E-state index >= 15 is 0 Å². The number of thiocarbonyl (C=S) groups is 1. The van der Waals surface area contributed by atoms with Crippen molar-refractivity contribution in [1.29, 1.82) is 0 Å². The summed E-state index contributed by atoms with van der Waals surface area (Å²) >= 11 is 4.86. The summed E-state index contributed by atoms with van der Waals surface area (Å²) in [4.78, 5) is 12.5. The Bertz CT molecular complexity index is 453. The van der Waals surface area contributed by atoms with Crippen molar-refractivity contribution in [3.05, 3.63) is 29.8 Å². The van der Waals surface area contributed by atoms with E-state index in [2.05, 4.69) is 5.32 Å². The van der Waals surface area contributed by atoms with E-state index in [0.29, 0.717) is 18.0 Å². The number of carbonyl (C=O) groups excluding carboxylic acids is 1. The minimum Gasteiger partial charge on any atom is -0.393 e. The number of ether oxygens (including phenoxy) is 1. The molecule has 1 saturated heterocycles. The smallest absolute Gasteiger partial charge is 0.229 e. The molecular weight excluding hydrogens is 260 g/mol. The topological polar surface area (TPSA) is 64.3 Å². The van der Waals surface area contributed by atoms with Gasteiger partial charge in [0.15, 0.2) is 0 Å². The van der Waals surface area contributed by atoms with Crippen LogP contribution in [0.25, 0.3) is 0 Å². The molecule has 0 bridgehead atoms. The van der Waals surface area contributed by atoms with Crippen molar-refractivity contribution in [3.63, 3.8) is 0 Å². The molecule has 1 aliphatic heterocycles. The van der Waals surface area contributed by atoms with Gasteiger partial charge in [0.2, 0.25) is 5.91 Å². The van der Waals surface area contributed by atoms with Crippen molar-refractivity contribution in [2.75, 3.05) is 18.5 Å². The third-order valence-corrected chi connectivity index (χ3v) is 3.28. The molecule has 1 aromatic carbocycles. The molecular formula is C14H18N2O2S. The van der Waals surface area contributed by atoms with Gasteiger partial charge in [0, 0.05) is 18.7 Å². The molecule has 1 fully saturated rings. The van der Waals surface area contributed by atoms with Crippen molar-refractivity contribution in [2.45, 2.75) is 19.3 Å². The van der Waals surface area contributed by atoms with Gasteiger partial charge >= 0.3 is 0 Å². The Morgan fingerprint density at radius 2 is 2.16 bits per heavy atom. The highest BCUT2D eigenvalue weighted by atomic mass is 32.1. The number of nitrogens with one attached hydrogen (secondary N) is 1. The van der Waals surface area contributed by atoms with E-state index < -0.39 is 0 Å². The first-order chi connectivity index (χ1) is 9.15. The number of rotatable bonds is 4. The van der Waals surface area contributed by atoms with Gasteiger partial charge in [-0.25, -0.2) is 0 Å². The Hall–Kier alpha value is -1.46. The molecule has 0 aromatic heterocycles. The van der Waals surface area contributed by atoms with Crippen LogP contribution in [0.4, 0.5) is 5.69 Å². The maximum atomic E-state index is 12.0. The lowest BCUT2D eigenvalue weighted by atomic mass is 10.0. The van der Waals surface area contributed by atoms with Crippen molar-refractivity contribution in [2.24, 2.45) is 11.7 Å². The summed E-state index contributed by atoms with van der Waals surface area (Å²) in [5.74, 6) is -0.00755. The molecule has 1 aliphatic rings. The Morgan fingerprint density at radius 3 is 2.74 bits per heavy atom. The Morgan fingerprint density at radius 1 is 1.42 bits per heavy atom. The highest BCUT2D eigenvalue weighted by molar-refractivity contribution is 7.80. The van der Waals surface area contributed by atoms with Gasteiger partial charge in [0.1, 0.15) is 0 Å². The normalized spacial score (nSPS) is 18.8. The van der Waals surface area contributed by atoms with Crippen LogP contribution in [-0.2, 0) is 16.0 Å². The monoisotopic (exact) mass is 278 g/mol. The maximum Gasteiger partial charge on any atom is 0.229 e. The Labute approximate surface area is 118 Å². The summed E-state index contributed by atoms with van der Waals surface area (Å²) in [5, 5.41) is 2.91. The van der Waals surface area contributed by atoms with E-state index in [0.717, 1.165) is 30.7 Å². The van der Waals surface area contributed by atoms with E-state index in [4.69, 9.17) is 22.7 Å². The fraction of sp³-hybridized carbons (Fsp3) is 0.429. The van der Waals surface area contributed by atoms with Crippen LogP contribution in [0.15, 0.2) is 24.3 Å². The SMILES string of the molecule is NC(=S)Cc1ccc(NC(=O)C2CCCOC2)cc1. The first kappa shape index (κ1) is 14.0. The fourth-order valence-electron chi connectivity index (χ4n) is 2.10. The van der Waals surface area contributed by atoms with E-state index in [-0.39, 0.29) is 11.8 Å². The van der Waals surface area contributed by atoms with Gasteiger partial charge in [-0.2, -0.15) is 0 Å². The second-order valence-electron chi connectivity index (χ2n) is 4.74. The highest BCUT2D eigenvalue weighted by Crippen LogP contribution is 2.17. The molecule has 1 heterocycles. The van der Waals surface area contributed by atoms with E-state index in [1.807, 2.05) is 24.3 Å². The number of hydrogen-bond donors (Lipinski definition) is 2. The molecule has 102 valence electrons. The molecule has 0 spiro atoms. The Kier molecular flexibility index (Phi) is 4.87. The van der Waals surface area contributed by atoms with Crippen molar-refractivity contribution >= 4 is 28.8 Å². The van der Waals surface area contributed by atoms with E-state index in [1.165, 1.54) is 0 Å². The van der Waals surface area contributed by atoms with Crippen LogP contribution >= 0.6 is 12.2 Å². The molecule has 1 aromatic rings. The molecule has 0 saturated carbocycles. The van der Waals surface area contributed by atoms with Crippen molar-refractivity contribution < 1.29 is 9.53 Å². The summed E-state index contributed by atoms with van der Waals surface area (Å²) in [6.07, 6.45) is 2.43. The van der Waals surface area contributed by atoms with Crippen LogP contribution in [-0.4, -0.2) is 24.1 Å². The minimum atomic E-state index is -0.0370. The van der Waals surface area contributed by atoms with Crippen LogP contribution in [0.2, 0.25) is 0 Å². The average molecular weight is 278 g/mol. The molecule has 1 atom stereocenters. The first-order valence-electron chi connectivity index (χ1n) is 6.41. The predicted molar refractivity (Wildman–Crippen MR) is 79.1 cm³/mol. The predicted octanol–water partition coefficient (Wildman–Crippen LogP) is 1.88. The Balaban J connectivity index is 1.91. The average Bonchev–Trinajstić information content (AvgIpc) is 2.41. The van der Waals surface area contributed by atoms with Crippen LogP contribution < -0.4 is 11.1 Å². The van der Waals surface area contributed by atoms with Gasteiger partial charge in [0.25, 0.3) is 0 Å². The second kappa shape index (κ2) is 6.63. The zero-order valence-electron chi connectivity index (χ0n) is 10.7. The number of amides is 1. The van der Waals surface area contributed by atoms with Crippen LogP contribution in [0.3, 0.4) is 0 Å². The third kappa shape index (κ3) is 4.29. The van der Waals surface area contributed by atoms with Gasteiger partial charge in [-0.15, -0.1) is 0 Å². The summed E-state index contributed by atoms with van der Waals surface area (Å²) in [6, 6.07) is 7.59. The number of anilines is 1. The number of carbonyl (C=O) groups is 1. The maximum absolute atomic E-state index is 12.0. The minimum absolute atomic E-state index is 0.0294. The summed E-state index contributed by atoms with van der Waals surface area (Å²) < 4.78 is 5.31. The van der Waals surface area contributed by atoms with Gasteiger partial charge in [-0.3, -0.25) is 4.79 Å². The number of nitrogens with two attached hydrogens (primary N) is 1. The largest absolute Gasteiger partial charge is 0.393 e. The molecule has 1 unspecified atom stereocenters. The quantitative estimate of drug-likeness (QED) is 0.825. The highest BCUT2D eigenvalue weighted by Gasteiger charge is 2.21. The fourth-order valence-corrected chi connectivity index (χ4v) is 2.27. The zero-order chi connectivity index (χ0) is 13.7. The lowest BCUT2D eigenvalue weighted by Crippen LogP contribution is -2.30. The van der Waals surface area contributed by atoms with Crippen molar-refractivity contribution in [1.82, 2.24) is 0 Å². The van der Waals surface area contributed by atoms with E-state index in [1.54, 1.807) is 0 Å². The van der Waals surface area contributed by atoms with Crippen LogP contribution in [0.1, 0.15) is 18.4 Å². The van der Waals surface area contributed by atoms with Gasteiger partial charge < -0.3 is 15.8 Å². The van der Waals surface area contributed by atoms with Crippen LogP contribution in [0, 0.1) is 5.92 Å². The first-order valence-corrected chi connectivity index (χ1v) is 6.82. The lowest BCUT2D eigenvalue weighted by molar-refractivity contribution is -0.123. The molecule has 19 heavy (non-hydrogen) atoms. The second-order valence-corrected chi connectivity index (χ2v) is 5.27. The zero-order valence-corrected chi connectivity index (χ0v) is 11.5. The molecule has 1 amide bonds. The van der Waals surface area contributed by atoms with Crippen molar-refractivity contribution in [3.8, 4) is 0 Å². The summed E-state index contributed by atoms with van der Waals surface area (Å²) in [5.41, 5.74) is 7.33. The molecule has 2 rings (SSSR count). The molecule has 5 heteroatoms. The lowest BCUT2D eigenvalue weighted by Gasteiger charge is -2.21. The van der Waals surface area contributed by atoms with Gasteiger partial charge in [-0.1, -0.05) is 24.4 Å². The molecule has 0 radical (unpaired) electrons. The third-order valence-electron chi connectivity index (χ3n) is 3.13. The van der Waals surface area contributed by atoms with Gasteiger partial charge in [-0.05, 0) is 30.5 Å². The number of hydrogen-bond acceptors (Lipinski definition) is 3.